The monoisotopic (exact) mass is 395 g/mol. The van der Waals surface area contributed by atoms with E-state index in [1.54, 1.807) is 41.5 Å². The van der Waals surface area contributed by atoms with Gasteiger partial charge in [0.2, 0.25) is 5.91 Å². The summed E-state index contributed by atoms with van der Waals surface area (Å²) in [5, 5.41) is 5.30. The number of nitrogens with zero attached hydrogens (tertiary/aromatic N) is 2. The third kappa shape index (κ3) is 5.25. The molecule has 4 N–H and O–H groups in total. The number of hydrogen-bond donors (Lipinski definition) is 3. The summed E-state index contributed by atoms with van der Waals surface area (Å²) in [4.78, 5) is 39.7. The van der Waals surface area contributed by atoms with E-state index >= 15 is 0 Å². The van der Waals surface area contributed by atoms with E-state index in [1.165, 1.54) is 12.1 Å². The van der Waals surface area contributed by atoms with Gasteiger partial charge in [-0.2, -0.15) is 0 Å². The molecule has 29 heavy (non-hydrogen) atoms. The van der Waals surface area contributed by atoms with Gasteiger partial charge in [0.25, 0.3) is 11.8 Å². The molecule has 3 amide bonds. The summed E-state index contributed by atoms with van der Waals surface area (Å²) >= 11 is 0. The average molecular weight is 395 g/mol. The lowest BCUT2D eigenvalue weighted by atomic mass is 10.1. The lowest BCUT2D eigenvalue weighted by Gasteiger charge is -2.09. The molecular weight excluding hydrogens is 377 g/mol. The molecular formula is C20H18FN5O3. The summed E-state index contributed by atoms with van der Waals surface area (Å²) < 4.78 is 15.3. The highest BCUT2D eigenvalue weighted by molar-refractivity contribution is 6.06. The maximum absolute atomic E-state index is 13.5. The summed E-state index contributed by atoms with van der Waals surface area (Å²) in [6.07, 6.45) is 5.26. The molecule has 2 aromatic carbocycles. The van der Waals surface area contributed by atoms with Crippen molar-refractivity contribution in [3.8, 4) is 0 Å². The zero-order valence-corrected chi connectivity index (χ0v) is 15.3. The highest BCUT2D eigenvalue weighted by Gasteiger charge is 2.12. The Balaban J connectivity index is 1.64. The third-order valence-corrected chi connectivity index (χ3v) is 4.05. The third-order valence-electron chi connectivity index (χ3n) is 4.05. The lowest BCUT2D eigenvalue weighted by molar-refractivity contribution is -0.116. The number of aryl methyl sites for hydroxylation is 1. The summed E-state index contributed by atoms with van der Waals surface area (Å²) in [7, 11) is 0. The minimum atomic E-state index is -0.931. The predicted molar refractivity (Wildman–Crippen MR) is 105 cm³/mol. The zero-order valence-electron chi connectivity index (χ0n) is 15.3. The first-order valence-corrected chi connectivity index (χ1v) is 8.69. The Bertz CT molecular complexity index is 1050. The van der Waals surface area contributed by atoms with Gasteiger partial charge >= 0.3 is 0 Å². The van der Waals surface area contributed by atoms with Crippen LogP contribution in [0.5, 0.6) is 0 Å². The highest BCUT2D eigenvalue weighted by atomic mass is 19.1. The van der Waals surface area contributed by atoms with Gasteiger partial charge in [0.15, 0.2) is 0 Å². The molecule has 3 rings (SSSR count). The number of nitrogens with two attached hydrogens (primary N) is 1. The van der Waals surface area contributed by atoms with Crippen molar-refractivity contribution in [2.24, 2.45) is 5.73 Å². The number of primary amides is 1. The first-order valence-electron chi connectivity index (χ1n) is 8.69. The van der Waals surface area contributed by atoms with E-state index in [0.717, 1.165) is 12.1 Å². The van der Waals surface area contributed by atoms with E-state index < -0.39 is 17.6 Å². The molecule has 0 unspecified atom stereocenters. The molecule has 0 fully saturated rings. The zero-order chi connectivity index (χ0) is 20.8. The van der Waals surface area contributed by atoms with E-state index in [-0.39, 0.29) is 29.1 Å². The van der Waals surface area contributed by atoms with E-state index in [0.29, 0.717) is 12.2 Å². The van der Waals surface area contributed by atoms with E-state index in [2.05, 4.69) is 15.6 Å². The highest BCUT2D eigenvalue weighted by Crippen LogP contribution is 2.17. The minimum Gasteiger partial charge on any atom is -0.366 e. The fourth-order valence-electron chi connectivity index (χ4n) is 2.61. The molecule has 0 aliphatic rings. The number of hydrogen-bond acceptors (Lipinski definition) is 4. The van der Waals surface area contributed by atoms with Crippen LogP contribution in [0, 0.1) is 5.82 Å². The van der Waals surface area contributed by atoms with Gasteiger partial charge in [-0.1, -0.05) is 6.07 Å². The first-order chi connectivity index (χ1) is 13.9. The average Bonchev–Trinajstić information content (AvgIpc) is 3.21. The molecule has 9 heteroatoms. The van der Waals surface area contributed by atoms with Crippen LogP contribution < -0.4 is 16.4 Å². The Morgan fingerprint density at radius 1 is 1.07 bits per heavy atom. The van der Waals surface area contributed by atoms with Crippen LogP contribution in [0.15, 0.2) is 61.2 Å². The molecule has 0 saturated heterocycles. The molecule has 148 valence electrons. The van der Waals surface area contributed by atoms with Crippen molar-refractivity contribution in [1.82, 2.24) is 9.55 Å². The minimum absolute atomic E-state index is 0.208. The molecule has 0 radical (unpaired) electrons. The van der Waals surface area contributed by atoms with Crippen molar-refractivity contribution >= 4 is 29.1 Å². The number of anilines is 2. The fourth-order valence-corrected chi connectivity index (χ4v) is 2.61. The number of carbonyl (C=O) groups excluding carboxylic acids is 3. The van der Waals surface area contributed by atoms with Gasteiger partial charge in [0.05, 0.1) is 11.9 Å². The van der Waals surface area contributed by atoms with Crippen LogP contribution in [0.3, 0.4) is 0 Å². The van der Waals surface area contributed by atoms with Crippen molar-refractivity contribution in [1.29, 1.82) is 0 Å². The van der Waals surface area contributed by atoms with Crippen LogP contribution in [0.2, 0.25) is 0 Å². The maximum atomic E-state index is 13.5. The number of rotatable bonds is 7. The van der Waals surface area contributed by atoms with Gasteiger partial charge in [-0.15, -0.1) is 0 Å². The molecule has 1 heterocycles. The van der Waals surface area contributed by atoms with Gasteiger partial charge < -0.3 is 20.9 Å². The number of carbonyl (C=O) groups is 3. The smallest absolute Gasteiger partial charge is 0.255 e. The molecule has 0 aliphatic carbocycles. The molecule has 0 saturated carbocycles. The number of nitrogens with one attached hydrogen (secondary N) is 2. The topological polar surface area (TPSA) is 119 Å². The van der Waals surface area contributed by atoms with Crippen molar-refractivity contribution in [2.75, 3.05) is 10.6 Å². The Kier molecular flexibility index (Phi) is 5.98. The van der Waals surface area contributed by atoms with Gasteiger partial charge in [0.1, 0.15) is 5.82 Å². The molecule has 0 spiro atoms. The second-order valence-corrected chi connectivity index (χ2v) is 6.19. The largest absolute Gasteiger partial charge is 0.366 e. The lowest BCUT2D eigenvalue weighted by Crippen LogP contribution is -2.17. The second-order valence-electron chi connectivity index (χ2n) is 6.19. The molecule has 3 aromatic rings. The van der Waals surface area contributed by atoms with Gasteiger partial charge in [-0.25, -0.2) is 9.37 Å². The Labute approximate surface area is 165 Å². The predicted octanol–water partition coefficient (Wildman–Crippen LogP) is 2.40. The molecule has 1 aromatic heterocycles. The summed E-state index contributed by atoms with van der Waals surface area (Å²) in [5.74, 6) is -2.39. The number of halogens is 1. The van der Waals surface area contributed by atoms with Gasteiger partial charge in [-0.05, 0) is 36.4 Å². The second kappa shape index (κ2) is 8.79. The van der Waals surface area contributed by atoms with Crippen LogP contribution >= 0.6 is 0 Å². The van der Waals surface area contributed by atoms with Gasteiger partial charge in [0, 0.05) is 42.3 Å². The van der Waals surface area contributed by atoms with Crippen LogP contribution in [0.1, 0.15) is 27.1 Å². The first kappa shape index (κ1) is 19.7. The number of aromatic nitrogens is 2. The number of amides is 3. The molecule has 0 atom stereocenters. The maximum Gasteiger partial charge on any atom is 0.255 e. The van der Waals surface area contributed by atoms with Gasteiger partial charge in [-0.3, -0.25) is 14.4 Å². The molecule has 8 nitrogen and oxygen atoms in total. The summed E-state index contributed by atoms with van der Waals surface area (Å²) in [6.45, 7) is 0.485. The Hall–Kier alpha value is -4.01. The van der Waals surface area contributed by atoms with Crippen molar-refractivity contribution in [2.45, 2.75) is 13.0 Å². The Morgan fingerprint density at radius 2 is 1.86 bits per heavy atom. The SMILES string of the molecule is NC(=O)c1cc(NC(=O)c2cccc(NC(=O)CCn3ccnc3)c2)ccc1F. The van der Waals surface area contributed by atoms with E-state index in [1.807, 2.05) is 0 Å². The fraction of sp³-hybridized carbons (Fsp3) is 0.100. The molecule has 0 bridgehead atoms. The van der Waals surface area contributed by atoms with Crippen LogP contribution in [0.4, 0.5) is 15.8 Å². The van der Waals surface area contributed by atoms with E-state index in [4.69, 9.17) is 5.73 Å². The van der Waals surface area contributed by atoms with Crippen LogP contribution in [0.25, 0.3) is 0 Å². The van der Waals surface area contributed by atoms with E-state index in [9.17, 15) is 18.8 Å². The van der Waals surface area contributed by atoms with Crippen molar-refractivity contribution < 1.29 is 18.8 Å². The van der Waals surface area contributed by atoms with Crippen LogP contribution in [-0.4, -0.2) is 27.3 Å². The number of imidazole rings is 1. The van der Waals surface area contributed by atoms with Crippen molar-refractivity contribution in [3.63, 3.8) is 0 Å². The van der Waals surface area contributed by atoms with Crippen molar-refractivity contribution in [3.05, 3.63) is 78.1 Å². The standard InChI is InChI=1S/C20H18FN5O3/c21-17-5-4-15(11-16(17)19(22)28)25-20(29)13-2-1-3-14(10-13)24-18(27)6-8-26-9-7-23-12-26/h1-5,7,9-12H,6,8H2,(H2,22,28)(H,24,27)(H,25,29). The normalized spacial score (nSPS) is 10.4. The van der Waals surface area contributed by atoms with Crippen LogP contribution in [-0.2, 0) is 11.3 Å². The quantitative estimate of drug-likeness (QED) is 0.569. The summed E-state index contributed by atoms with van der Waals surface area (Å²) in [6, 6.07) is 9.90. The number of benzene rings is 2. The molecule has 0 aliphatic heterocycles. The summed E-state index contributed by atoms with van der Waals surface area (Å²) in [5.41, 5.74) is 5.76. The Morgan fingerprint density at radius 3 is 2.59 bits per heavy atom.